The van der Waals surface area contributed by atoms with Crippen LogP contribution in [-0.2, 0) is 4.79 Å². The Labute approximate surface area is 201 Å². The highest BCUT2D eigenvalue weighted by Crippen LogP contribution is 2.34. The van der Waals surface area contributed by atoms with Gasteiger partial charge in [-0.15, -0.1) is 0 Å². The third-order valence-electron chi connectivity index (χ3n) is 5.78. The van der Waals surface area contributed by atoms with E-state index < -0.39 is 5.63 Å². The molecule has 5 rings (SSSR count). The molecule has 0 saturated heterocycles. The predicted octanol–water partition coefficient (Wildman–Crippen LogP) is 4.51. The topological polar surface area (TPSA) is 84.7 Å². The van der Waals surface area contributed by atoms with Gasteiger partial charge in [-0.25, -0.2) is 9.37 Å². The number of benzene rings is 2. The monoisotopic (exact) mass is 469 g/mol. The molecule has 35 heavy (non-hydrogen) atoms. The first kappa shape index (κ1) is 22.4. The van der Waals surface area contributed by atoms with Gasteiger partial charge in [-0.05, 0) is 29.8 Å². The second-order valence-electron chi connectivity index (χ2n) is 8.28. The van der Waals surface area contributed by atoms with Crippen LogP contribution in [0.1, 0.15) is 18.4 Å². The molecule has 0 atom stereocenters. The highest BCUT2D eigenvalue weighted by Gasteiger charge is 2.16. The van der Waals surface area contributed by atoms with E-state index in [1.54, 1.807) is 24.5 Å². The molecule has 0 saturated carbocycles. The van der Waals surface area contributed by atoms with Crippen LogP contribution < -0.4 is 15.7 Å². The number of amides is 1. The molecule has 176 valence electrons. The summed E-state index contributed by atoms with van der Waals surface area (Å²) in [6.07, 6.45) is 10.4. The molecular formula is C28H25N2O5+. The molecule has 2 aromatic carbocycles. The number of carbonyl (C=O) groups excluding carboxylic acids is 1. The highest BCUT2D eigenvalue weighted by atomic mass is 16.5. The smallest absolute Gasteiger partial charge is 0.336 e. The summed E-state index contributed by atoms with van der Waals surface area (Å²) in [6.45, 7) is 2.04. The largest absolute Gasteiger partial charge is 0.486 e. The number of nitrogens with one attached hydrogen (secondary N) is 1. The van der Waals surface area contributed by atoms with Crippen LogP contribution in [0.15, 0.2) is 92.3 Å². The Balaban J connectivity index is 1.16. The number of fused-ring (bicyclic) bond motifs is 2. The standard InChI is InChI=1S/C28H24N2O5/c31-24(9-7-20-5-2-1-3-6-20)29-23-11-15-30(16-12-23)14-4-17-33-28-26-22(13-18-34-26)19-21-8-10-25(32)35-27(21)28/h1-3,5-11,13,15,18-19H,4,12,14,16-17H2/p+1/b9-7+. The van der Waals surface area contributed by atoms with Crippen LogP contribution in [0.4, 0.5) is 0 Å². The number of allylic oxidation sites excluding steroid dienone is 1. The van der Waals surface area contributed by atoms with Crippen molar-refractivity contribution in [3.05, 3.63) is 94.7 Å². The molecule has 0 spiro atoms. The summed E-state index contributed by atoms with van der Waals surface area (Å²) in [4.78, 5) is 23.9. The van der Waals surface area contributed by atoms with E-state index in [-0.39, 0.29) is 5.91 Å². The Hall–Kier alpha value is -4.39. The number of hydrogen-bond donors (Lipinski definition) is 1. The van der Waals surface area contributed by atoms with Crippen molar-refractivity contribution in [2.75, 3.05) is 19.7 Å². The zero-order chi connectivity index (χ0) is 24.0. The van der Waals surface area contributed by atoms with Gasteiger partial charge in [0.1, 0.15) is 13.1 Å². The lowest BCUT2D eigenvalue weighted by Gasteiger charge is -2.12. The van der Waals surface area contributed by atoms with Gasteiger partial charge in [0.25, 0.3) is 0 Å². The van der Waals surface area contributed by atoms with Gasteiger partial charge in [-0.1, -0.05) is 30.3 Å². The normalized spacial score (nSPS) is 13.7. The molecule has 0 bridgehead atoms. The van der Waals surface area contributed by atoms with Gasteiger partial charge < -0.3 is 18.9 Å². The van der Waals surface area contributed by atoms with E-state index >= 15 is 0 Å². The third kappa shape index (κ3) is 5.41. The van der Waals surface area contributed by atoms with Crippen molar-refractivity contribution in [1.29, 1.82) is 0 Å². The van der Waals surface area contributed by atoms with E-state index in [0.29, 0.717) is 23.5 Å². The fourth-order valence-corrected chi connectivity index (χ4v) is 4.02. The van der Waals surface area contributed by atoms with Crippen molar-refractivity contribution >= 4 is 40.1 Å². The van der Waals surface area contributed by atoms with Crippen LogP contribution >= 0.6 is 0 Å². The first-order valence-corrected chi connectivity index (χ1v) is 11.5. The van der Waals surface area contributed by atoms with Gasteiger partial charge >= 0.3 is 5.63 Å². The number of furan rings is 1. The highest BCUT2D eigenvalue weighted by molar-refractivity contribution is 6.00. The molecule has 0 radical (unpaired) electrons. The van der Waals surface area contributed by atoms with Crippen LogP contribution in [0.25, 0.3) is 28.0 Å². The van der Waals surface area contributed by atoms with Crippen molar-refractivity contribution in [2.45, 2.75) is 12.8 Å². The first-order chi connectivity index (χ1) is 17.2. The lowest BCUT2D eigenvalue weighted by atomic mass is 10.1. The fourth-order valence-electron chi connectivity index (χ4n) is 4.02. The van der Waals surface area contributed by atoms with Gasteiger partial charge in [-0.3, -0.25) is 4.79 Å². The van der Waals surface area contributed by atoms with Gasteiger partial charge in [0, 0.05) is 47.5 Å². The van der Waals surface area contributed by atoms with Gasteiger partial charge in [0.05, 0.1) is 12.9 Å². The minimum Gasteiger partial charge on any atom is -0.486 e. The minimum absolute atomic E-state index is 0.138. The number of hydrogen-bond acceptors (Lipinski definition) is 5. The molecule has 4 aromatic rings. The Morgan fingerprint density at radius 1 is 1.09 bits per heavy atom. The molecule has 0 unspecified atom stereocenters. The summed E-state index contributed by atoms with van der Waals surface area (Å²) in [5.74, 6) is 0.317. The summed E-state index contributed by atoms with van der Waals surface area (Å²) in [6, 6.07) is 16.6. The van der Waals surface area contributed by atoms with Gasteiger partial charge in [0.15, 0.2) is 17.4 Å². The Morgan fingerprint density at radius 3 is 2.77 bits per heavy atom. The number of rotatable bonds is 8. The van der Waals surface area contributed by atoms with Crippen LogP contribution in [0, 0.1) is 0 Å². The van der Waals surface area contributed by atoms with E-state index in [4.69, 9.17) is 13.6 Å². The quantitative estimate of drug-likeness (QED) is 0.178. The molecule has 1 aliphatic rings. The van der Waals surface area contributed by atoms with E-state index in [0.717, 1.165) is 48.0 Å². The molecule has 1 N–H and O–H groups in total. The van der Waals surface area contributed by atoms with Crippen molar-refractivity contribution in [3.8, 4) is 5.75 Å². The molecule has 7 nitrogen and oxygen atoms in total. The number of ether oxygens (including phenoxy) is 1. The first-order valence-electron chi connectivity index (χ1n) is 11.5. The average molecular weight is 470 g/mol. The molecule has 0 fully saturated rings. The van der Waals surface area contributed by atoms with Gasteiger partial charge in [0.2, 0.25) is 11.7 Å². The summed E-state index contributed by atoms with van der Waals surface area (Å²) in [5.41, 5.74) is 2.42. The SMILES string of the molecule is O=C(/C=C/c1ccccc1)NC1=CC=[N+](CCCOc2c3occc3cc3ccc(=O)oc23)CC1. The maximum Gasteiger partial charge on any atom is 0.336 e. The lowest BCUT2D eigenvalue weighted by molar-refractivity contribution is -0.524. The van der Waals surface area contributed by atoms with E-state index in [1.165, 1.54) is 6.07 Å². The molecule has 7 heteroatoms. The molecule has 1 aliphatic heterocycles. The second-order valence-corrected chi connectivity index (χ2v) is 8.28. The summed E-state index contributed by atoms with van der Waals surface area (Å²) >= 11 is 0. The predicted molar refractivity (Wildman–Crippen MR) is 135 cm³/mol. The fraction of sp³-hybridized carbons (Fsp3) is 0.179. The van der Waals surface area contributed by atoms with Crippen LogP contribution in [0.2, 0.25) is 0 Å². The van der Waals surface area contributed by atoms with Crippen LogP contribution in [0.5, 0.6) is 5.75 Å². The van der Waals surface area contributed by atoms with Crippen molar-refractivity contribution in [3.63, 3.8) is 0 Å². The molecule has 3 heterocycles. The van der Waals surface area contributed by atoms with Crippen LogP contribution in [0.3, 0.4) is 0 Å². The third-order valence-corrected chi connectivity index (χ3v) is 5.78. The maximum atomic E-state index is 12.2. The lowest BCUT2D eigenvalue weighted by Crippen LogP contribution is -2.28. The Bertz CT molecular complexity index is 1510. The summed E-state index contributed by atoms with van der Waals surface area (Å²) in [5, 5.41) is 4.62. The molecular weight excluding hydrogens is 444 g/mol. The van der Waals surface area contributed by atoms with E-state index in [1.807, 2.05) is 54.8 Å². The summed E-state index contributed by atoms with van der Waals surface area (Å²) < 4.78 is 19.2. The number of carbonyl (C=O) groups is 1. The zero-order valence-electron chi connectivity index (χ0n) is 19.1. The maximum absolute atomic E-state index is 12.2. The van der Waals surface area contributed by atoms with E-state index in [2.05, 4.69) is 9.89 Å². The van der Waals surface area contributed by atoms with E-state index in [9.17, 15) is 9.59 Å². The molecule has 2 aromatic heterocycles. The van der Waals surface area contributed by atoms with Gasteiger partial charge in [-0.2, -0.15) is 0 Å². The zero-order valence-corrected chi connectivity index (χ0v) is 19.1. The Morgan fingerprint density at radius 2 is 1.94 bits per heavy atom. The average Bonchev–Trinajstić information content (AvgIpc) is 3.35. The Kier molecular flexibility index (Phi) is 6.57. The second kappa shape index (κ2) is 10.3. The van der Waals surface area contributed by atoms with Crippen LogP contribution in [-0.4, -0.2) is 36.4 Å². The molecule has 1 amide bonds. The minimum atomic E-state index is -0.429. The van der Waals surface area contributed by atoms with Crippen molar-refractivity contribution < 1.29 is 22.9 Å². The van der Waals surface area contributed by atoms with Crippen molar-refractivity contribution in [1.82, 2.24) is 5.32 Å². The van der Waals surface area contributed by atoms with Crippen molar-refractivity contribution in [2.24, 2.45) is 0 Å². The molecule has 0 aliphatic carbocycles. The number of nitrogens with zero attached hydrogens (tertiary/aromatic N) is 1. The summed E-state index contributed by atoms with van der Waals surface area (Å²) in [7, 11) is 0.